The lowest BCUT2D eigenvalue weighted by molar-refractivity contribution is -0.137. The third-order valence-electron chi connectivity index (χ3n) is 5.67. The molecule has 0 unspecified atom stereocenters. The Hall–Kier alpha value is -3.68. The number of benzene rings is 2. The fourth-order valence-electron chi connectivity index (χ4n) is 3.67. The van der Waals surface area contributed by atoms with E-state index in [2.05, 4.69) is 10.6 Å². The van der Waals surface area contributed by atoms with Gasteiger partial charge < -0.3 is 37.5 Å². The Labute approximate surface area is 225 Å². The molecule has 0 bridgehead atoms. The van der Waals surface area contributed by atoms with Crippen LogP contribution in [0.5, 0.6) is 5.75 Å². The highest BCUT2D eigenvalue weighted by Crippen LogP contribution is 2.29. The number of anilines is 1. The van der Waals surface area contributed by atoms with Crippen LogP contribution in [0, 0.1) is 0 Å². The molecule has 2 aromatic carbocycles. The van der Waals surface area contributed by atoms with Crippen molar-refractivity contribution in [1.82, 2.24) is 10.2 Å². The van der Waals surface area contributed by atoms with Crippen molar-refractivity contribution in [2.75, 3.05) is 38.1 Å². The lowest BCUT2D eigenvalue weighted by Crippen LogP contribution is -2.52. The monoisotopic (exact) mass is 552 g/mol. The van der Waals surface area contributed by atoms with Gasteiger partial charge in [0.2, 0.25) is 17.7 Å². The molecular weight excluding hydrogens is 517 g/mol. The van der Waals surface area contributed by atoms with Crippen LogP contribution in [-0.4, -0.2) is 67.5 Å². The third-order valence-corrected chi connectivity index (χ3v) is 5.67. The normalized spacial score (nSPS) is 12.8. The maximum atomic E-state index is 13.1. The Balaban J connectivity index is 2.18. The third kappa shape index (κ3) is 10.2. The summed E-state index contributed by atoms with van der Waals surface area (Å²) in [5, 5.41) is 5.20. The average Bonchev–Trinajstić information content (AvgIpc) is 2.89. The number of nitrogens with one attached hydrogen (secondary N) is 2. The van der Waals surface area contributed by atoms with E-state index in [0.29, 0.717) is 23.6 Å². The molecule has 214 valence electrons. The predicted octanol–water partition coefficient (Wildman–Crippen LogP) is 1.23. The first-order chi connectivity index (χ1) is 18.5. The number of amides is 3. The van der Waals surface area contributed by atoms with Gasteiger partial charge >= 0.3 is 6.18 Å². The van der Waals surface area contributed by atoms with E-state index < -0.39 is 41.5 Å². The summed E-state index contributed by atoms with van der Waals surface area (Å²) in [4.78, 5) is 40.0. The molecule has 0 aliphatic carbocycles. The summed E-state index contributed by atoms with van der Waals surface area (Å²) >= 11 is 0. The van der Waals surface area contributed by atoms with Crippen molar-refractivity contribution in [1.29, 1.82) is 0 Å². The maximum absolute atomic E-state index is 13.1. The van der Waals surface area contributed by atoms with E-state index in [1.54, 1.807) is 24.3 Å². The van der Waals surface area contributed by atoms with Crippen molar-refractivity contribution in [2.45, 2.75) is 38.0 Å². The molecule has 0 aliphatic rings. The molecule has 0 fully saturated rings. The van der Waals surface area contributed by atoms with Gasteiger partial charge in [-0.05, 0) is 48.9 Å². The Morgan fingerprint density at radius 1 is 0.949 bits per heavy atom. The van der Waals surface area contributed by atoms with Gasteiger partial charge in [0, 0.05) is 38.3 Å². The standard InChI is InChI=1S/C26H35F3N6O4/c1-2-39-20-9-7-19(8-10-20)33-25(38)22(15-17-3-5-18(6-4-17)26(27,28)29)34-24(37)21(32)16-23(36)35(13-11-30)14-12-31/h3-10,21-22H,2,11-16,30-32H2,1H3,(H,33,38)(H,34,37)/t21-,22-/m0/s1. The van der Waals surface area contributed by atoms with Crippen molar-refractivity contribution in [3.8, 4) is 5.75 Å². The Kier molecular flexibility index (Phi) is 12.2. The zero-order valence-corrected chi connectivity index (χ0v) is 21.7. The van der Waals surface area contributed by atoms with Crippen LogP contribution in [0.4, 0.5) is 18.9 Å². The number of nitrogens with two attached hydrogens (primary N) is 3. The Bertz CT molecular complexity index is 1070. The highest BCUT2D eigenvalue weighted by atomic mass is 19.4. The van der Waals surface area contributed by atoms with Crippen LogP contribution in [0.25, 0.3) is 0 Å². The topological polar surface area (TPSA) is 166 Å². The second kappa shape index (κ2) is 15.0. The highest BCUT2D eigenvalue weighted by molar-refractivity contribution is 5.98. The first kappa shape index (κ1) is 31.5. The highest BCUT2D eigenvalue weighted by Gasteiger charge is 2.31. The van der Waals surface area contributed by atoms with Gasteiger partial charge in [-0.3, -0.25) is 14.4 Å². The van der Waals surface area contributed by atoms with Gasteiger partial charge in [0.15, 0.2) is 0 Å². The zero-order chi connectivity index (χ0) is 29.0. The average molecular weight is 553 g/mol. The van der Waals surface area contributed by atoms with Gasteiger partial charge in [-0.25, -0.2) is 0 Å². The lowest BCUT2D eigenvalue weighted by atomic mass is 10.0. The summed E-state index contributed by atoms with van der Waals surface area (Å²) in [6.07, 6.45) is -4.99. The van der Waals surface area contributed by atoms with Crippen molar-refractivity contribution in [3.63, 3.8) is 0 Å². The van der Waals surface area contributed by atoms with Crippen molar-refractivity contribution >= 4 is 23.4 Å². The number of carbonyl (C=O) groups is 3. The van der Waals surface area contributed by atoms with E-state index in [9.17, 15) is 27.6 Å². The van der Waals surface area contributed by atoms with Gasteiger partial charge in [0.1, 0.15) is 11.8 Å². The van der Waals surface area contributed by atoms with Gasteiger partial charge in [-0.15, -0.1) is 0 Å². The van der Waals surface area contributed by atoms with E-state index in [1.807, 2.05) is 6.92 Å². The molecule has 2 aromatic rings. The first-order valence-corrected chi connectivity index (χ1v) is 12.4. The Morgan fingerprint density at radius 2 is 1.54 bits per heavy atom. The lowest BCUT2D eigenvalue weighted by Gasteiger charge is -2.24. The molecule has 0 aliphatic heterocycles. The van der Waals surface area contributed by atoms with Crippen LogP contribution in [-0.2, 0) is 27.0 Å². The molecule has 3 amide bonds. The molecule has 2 rings (SSSR count). The number of ether oxygens (including phenoxy) is 1. The van der Waals surface area contributed by atoms with Gasteiger partial charge in [0.25, 0.3) is 0 Å². The summed E-state index contributed by atoms with van der Waals surface area (Å²) < 4.78 is 44.3. The number of halogens is 3. The van der Waals surface area contributed by atoms with Crippen LogP contribution >= 0.6 is 0 Å². The fraction of sp³-hybridized carbons (Fsp3) is 0.423. The van der Waals surface area contributed by atoms with Gasteiger partial charge in [-0.2, -0.15) is 13.2 Å². The molecule has 0 spiro atoms. The van der Waals surface area contributed by atoms with Gasteiger partial charge in [-0.1, -0.05) is 12.1 Å². The molecule has 2 atom stereocenters. The predicted molar refractivity (Wildman–Crippen MR) is 141 cm³/mol. The number of hydrogen-bond donors (Lipinski definition) is 5. The molecule has 0 saturated heterocycles. The summed E-state index contributed by atoms with van der Waals surface area (Å²) in [5.74, 6) is -1.23. The van der Waals surface area contributed by atoms with Crippen LogP contribution in [0.15, 0.2) is 48.5 Å². The number of nitrogens with zero attached hydrogens (tertiary/aromatic N) is 1. The van der Waals surface area contributed by atoms with Gasteiger partial charge in [0.05, 0.1) is 24.6 Å². The molecular formula is C26H35F3N6O4. The summed E-state index contributed by atoms with van der Waals surface area (Å²) in [5.41, 5.74) is 16.9. The Morgan fingerprint density at radius 3 is 2.05 bits per heavy atom. The molecule has 0 aromatic heterocycles. The second-order valence-corrected chi connectivity index (χ2v) is 8.68. The van der Waals surface area contributed by atoms with Crippen LogP contribution in [0.1, 0.15) is 24.5 Å². The smallest absolute Gasteiger partial charge is 0.416 e. The maximum Gasteiger partial charge on any atom is 0.416 e. The minimum absolute atomic E-state index is 0.125. The summed E-state index contributed by atoms with van der Waals surface area (Å²) in [7, 11) is 0. The number of hydrogen-bond acceptors (Lipinski definition) is 7. The number of carbonyl (C=O) groups excluding carboxylic acids is 3. The quantitative estimate of drug-likeness (QED) is 0.235. The zero-order valence-electron chi connectivity index (χ0n) is 21.7. The largest absolute Gasteiger partial charge is 0.494 e. The molecule has 0 saturated carbocycles. The van der Waals surface area contributed by atoms with Crippen molar-refractivity contribution in [3.05, 3.63) is 59.7 Å². The SMILES string of the molecule is CCOc1ccc(NC(=O)[C@H](Cc2ccc(C(F)(F)F)cc2)NC(=O)[C@@H](N)CC(=O)N(CCN)CCN)cc1. The van der Waals surface area contributed by atoms with E-state index in [4.69, 9.17) is 21.9 Å². The fourth-order valence-corrected chi connectivity index (χ4v) is 3.67. The van der Waals surface area contributed by atoms with E-state index in [1.165, 1.54) is 17.0 Å². The molecule has 13 heteroatoms. The van der Waals surface area contributed by atoms with Crippen molar-refractivity contribution < 1.29 is 32.3 Å². The molecule has 10 nitrogen and oxygen atoms in total. The van der Waals surface area contributed by atoms with E-state index >= 15 is 0 Å². The molecule has 39 heavy (non-hydrogen) atoms. The minimum atomic E-state index is -4.52. The van der Waals surface area contributed by atoms with Crippen LogP contribution in [0.3, 0.4) is 0 Å². The van der Waals surface area contributed by atoms with Crippen LogP contribution < -0.4 is 32.6 Å². The number of rotatable bonds is 14. The minimum Gasteiger partial charge on any atom is -0.494 e. The molecule has 8 N–H and O–H groups in total. The molecule has 0 heterocycles. The van der Waals surface area contributed by atoms with Crippen molar-refractivity contribution in [2.24, 2.45) is 17.2 Å². The van der Waals surface area contributed by atoms with Crippen LogP contribution in [0.2, 0.25) is 0 Å². The van der Waals surface area contributed by atoms with E-state index in [-0.39, 0.29) is 39.0 Å². The summed E-state index contributed by atoms with van der Waals surface area (Å²) in [6.45, 7) is 3.18. The first-order valence-electron chi connectivity index (χ1n) is 12.4. The molecule has 0 radical (unpaired) electrons. The van der Waals surface area contributed by atoms with E-state index in [0.717, 1.165) is 12.1 Å². The second-order valence-electron chi connectivity index (χ2n) is 8.68. The number of alkyl halides is 3. The summed E-state index contributed by atoms with van der Waals surface area (Å²) in [6, 6.07) is 8.27.